The van der Waals surface area contributed by atoms with Gasteiger partial charge in [-0.05, 0) is 11.6 Å². The molecule has 0 aliphatic carbocycles. The molecule has 1 heterocycles. The van der Waals surface area contributed by atoms with Gasteiger partial charge in [0.05, 0.1) is 11.3 Å². The van der Waals surface area contributed by atoms with E-state index in [4.69, 9.17) is 0 Å². The normalized spacial score (nSPS) is 11.1. The van der Waals surface area contributed by atoms with E-state index in [0.717, 1.165) is 6.07 Å². The maximum Gasteiger partial charge on any atom is 0.433 e. The fourth-order valence-corrected chi connectivity index (χ4v) is 2.45. The van der Waals surface area contributed by atoms with Crippen LogP contribution < -0.4 is 0 Å². The molecule has 2 aromatic carbocycles. The maximum atomic E-state index is 13.3. The Bertz CT molecular complexity index is 835. The smallest absolute Gasteiger partial charge is 0.242 e. The molecular formula is C19H11F3N2. The average molecular weight is 324 g/mol. The summed E-state index contributed by atoms with van der Waals surface area (Å²) < 4.78 is 39.8. The number of aromatic nitrogens is 1. The summed E-state index contributed by atoms with van der Waals surface area (Å²) in [4.78, 5) is 3.72. The Hall–Kier alpha value is -3.13. The first kappa shape index (κ1) is 15.8. The monoisotopic (exact) mass is 324 g/mol. The van der Waals surface area contributed by atoms with Crippen LogP contribution in [-0.2, 0) is 6.18 Å². The molecule has 1 aromatic heterocycles. The lowest BCUT2D eigenvalue weighted by molar-refractivity contribution is -0.141. The van der Waals surface area contributed by atoms with Crippen LogP contribution in [0.3, 0.4) is 0 Å². The Balaban J connectivity index is 2.35. The molecule has 0 saturated carbocycles. The van der Waals surface area contributed by atoms with Crippen LogP contribution in [-0.4, -0.2) is 4.98 Å². The van der Waals surface area contributed by atoms with Crippen molar-refractivity contribution < 1.29 is 13.2 Å². The lowest BCUT2D eigenvalue weighted by Gasteiger charge is -2.14. The zero-order valence-corrected chi connectivity index (χ0v) is 12.4. The van der Waals surface area contributed by atoms with Gasteiger partial charge in [0.2, 0.25) is 0 Å². The molecule has 118 valence electrons. The fourth-order valence-electron chi connectivity index (χ4n) is 2.45. The summed E-state index contributed by atoms with van der Waals surface area (Å²) >= 11 is 0. The van der Waals surface area contributed by atoms with Crippen molar-refractivity contribution in [1.82, 2.24) is 4.98 Å². The molecule has 0 aliphatic heterocycles. The summed E-state index contributed by atoms with van der Waals surface area (Å²) in [5, 5.41) is 9.54. The largest absolute Gasteiger partial charge is 0.433 e. The van der Waals surface area contributed by atoms with Crippen LogP contribution in [0, 0.1) is 11.3 Å². The van der Waals surface area contributed by atoms with Gasteiger partial charge in [-0.1, -0.05) is 60.7 Å². The Kier molecular flexibility index (Phi) is 4.05. The summed E-state index contributed by atoms with van der Waals surface area (Å²) in [5.74, 6) is 0. The van der Waals surface area contributed by atoms with Gasteiger partial charge in [-0.2, -0.15) is 18.4 Å². The molecule has 0 radical (unpaired) electrons. The minimum atomic E-state index is -4.60. The topological polar surface area (TPSA) is 36.7 Å². The van der Waals surface area contributed by atoms with E-state index in [1.807, 2.05) is 6.07 Å². The van der Waals surface area contributed by atoms with E-state index in [1.54, 1.807) is 60.7 Å². The number of pyridine rings is 1. The zero-order valence-electron chi connectivity index (χ0n) is 12.4. The van der Waals surface area contributed by atoms with Crippen LogP contribution >= 0.6 is 0 Å². The first-order chi connectivity index (χ1) is 11.5. The number of nitrogens with zero attached hydrogens (tertiary/aromatic N) is 2. The second-order valence-electron chi connectivity index (χ2n) is 5.12. The predicted octanol–water partition coefficient (Wildman–Crippen LogP) is 5.31. The second-order valence-corrected chi connectivity index (χ2v) is 5.12. The molecular weight excluding hydrogens is 313 g/mol. The number of nitriles is 1. The first-order valence-corrected chi connectivity index (χ1v) is 7.14. The van der Waals surface area contributed by atoms with Gasteiger partial charge in [-0.15, -0.1) is 0 Å². The van der Waals surface area contributed by atoms with Gasteiger partial charge < -0.3 is 0 Å². The van der Waals surface area contributed by atoms with Crippen molar-refractivity contribution in [2.75, 3.05) is 0 Å². The second kappa shape index (κ2) is 6.17. The van der Waals surface area contributed by atoms with Gasteiger partial charge in [0, 0.05) is 11.1 Å². The van der Waals surface area contributed by atoms with Crippen LogP contribution in [0.1, 0.15) is 11.3 Å². The molecule has 3 rings (SSSR count). The van der Waals surface area contributed by atoms with Crippen LogP contribution in [0.2, 0.25) is 0 Å². The quantitative estimate of drug-likeness (QED) is 0.641. The van der Waals surface area contributed by atoms with Crippen molar-refractivity contribution in [2.24, 2.45) is 0 Å². The van der Waals surface area contributed by atoms with Gasteiger partial charge in [0.15, 0.2) is 0 Å². The van der Waals surface area contributed by atoms with E-state index >= 15 is 0 Å². The highest BCUT2D eigenvalue weighted by Gasteiger charge is 2.34. The van der Waals surface area contributed by atoms with E-state index in [9.17, 15) is 18.4 Å². The highest BCUT2D eigenvalue weighted by Crippen LogP contribution is 2.36. The number of hydrogen-bond donors (Lipinski definition) is 0. The van der Waals surface area contributed by atoms with Crippen LogP contribution in [0.25, 0.3) is 22.4 Å². The molecule has 0 bridgehead atoms. The van der Waals surface area contributed by atoms with Gasteiger partial charge >= 0.3 is 6.18 Å². The van der Waals surface area contributed by atoms with Crippen molar-refractivity contribution in [2.45, 2.75) is 6.18 Å². The van der Waals surface area contributed by atoms with Crippen LogP contribution in [0.4, 0.5) is 13.2 Å². The standard InChI is InChI=1S/C19H11F3N2/c20-19(21,22)17-11-15(13-7-3-1-4-8-13)16(12-23)18(24-17)14-9-5-2-6-10-14/h1-11H. The number of halogens is 3. The van der Waals surface area contributed by atoms with Crippen molar-refractivity contribution in [3.8, 4) is 28.5 Å². The number of benzene rings is 2. The minimum absolute atomic E-state index is 0.0341. The highest BCUT2D eigenvalue weighted by molar-refractivity contribution is 5.80. The average Bonchev–Trinajstić information content (AvgIpc) is 2.61. The number of hydrogen-bond acceptors (Lipinski definition) is 2. The summed E-state index contributed by atoms with van der Waals surface area (Å²) in [5.41, 5.74) is 0.377. The molecule has 0 fully saturated rings. The molecule has 0 aliphatic rings. The Morgan fingerprint density at radius 3 is 1.88 bits per heavy atom. The molecule has 0 saturated heterocycles. The SMILES string of the molecule is N#Cc1c(-c2ccccc2)cc(C(F)(F)F)nc1-c1ccccc1. The minimum Gasteiger partial charge on any atom is -0.242 e. The van der Waals surface area contributed by atoms with E-state index in [2.05, 4.69) is 4.98 Å². The Labute approximate surface area is 136 Å². The van der Waals surface area contributed by atoms with Crippen molar-refractivity contribution in [1.29, 1.82) is 5.26 Å². The van der Waals surface area contributed by atoms with Gasteiger partial charge in [-0.25, -0.2) is 4.98 Å². The summed E-state index contributed by atoms with van der Waals surface area (Å²) in [6.07, 6.45) is -4.60. The lowest BCUT2D eigenvalue weighted by atomic mass is 9.95. The van der Waals surface area contributed by atoms with Gasteiger partial charge in [0.25, 0.3) is 0 Å². The van der Waals surface area contributed by atoms with E-state index < -0.39 is 11.9 Å². The summed E-state index contributed by atoms with van der Waals surface area (Å²) in [6.45, 7) is 0. The Morgan fingerprint density at radius 1 is 0.833 bits per heavy atom. The third-order valence-electron chi connectivity index (χ3n) is 3.55. The van der Waals surface area contributed by atoms with E-state index in [-0.39, 0.29) is 16.8 Å². The summed E-state index contributed by atoms with van der Waals surface area (Å²) in [7, 11) is 0. The molecule has 0 N–H and O–H groups in total. The maximum absolute atomic E-state index is 13.3. The summed E-state index contributed by atoms with van der Waals surface area (Å²) in [6, 6.07) is 19.9. The number of alkyl halides is 3. The van der Waals surface area contributed by atoms with Gasteiger partial charge in [-0.3, -0.25) is 0 Å². The molecule has 0 atom stereocenters. The lowest BCUT2D eigenvalue weighted by Crippen LogP contribution is -2.10. The molecule has 0 spiro atoms. The van der Waals surface area contributed by atoms with E-state index in [0.29, 0.717) is 11.1 Å². The Morgan fingerprint density at radius 2 is 1.38 bits per heavy atom. The molecule has 5 heteroatoms. The van der Waals surface area contributed by atoms with Crippen LogP contribution in [0.15, 0.2) is 66.7 Å². The van der Waals surface area contributed by atoms with Crippen molar-refractivity contribution in [3.63, 3.8) is 0 Å². The fraction of sp³-hybridized carbons (Fsp3) is 0.0526. The number of rotatable bonds is 2. The molecule has 0 amide bonds. The van der Waals surface area contributed by atoms with Crippen molar-refractivity contribution in [3.05, 3.63) is 78.0 Å². The molecule has 24 heavy (non-hydrogen) atoms. The molecule has 2 nitrogen and oxygen atoms in total. The molecule has 3 aromatic rings. The molecule has 0 unspecified atom stereocenters. The van der Waals surface area contributed by atoms with Crippen molar-refractivity contribution >= 4 is 0 Å². The first-order valence-electron chi connectivity index (χ1n) is 7.14. The zero-order chi connectivity index (χ0) is 17.2. The third-order valence-corrected chi connectivity index (χ3v) is 3.55. The van der Waals surface area contributed by atoms with Crippen LogP contribution in [0.5, 0.6) is 0 Å². The third kappa shape index (κ3) is 2.99. The van der Waals surface area contributed by atoms with Gasteiger partial charge in [0.1, 0.15) is 11.8 Å². The predicted molar refractivity (Wildman–Crippen MR) is 84.8 cm³/mol. The van der Waals surface area contributed by atoms with E-state index in [1.165, 1.54) is 0 Å². The highest BCUT2D eigenvalue weighted by atomic mass is 19.4.